The Morgan fingerprint density at radius 3 is 2.49 bits per heavy atom. The van der Waals surface area contributed by atoms with Crippen LogP contribution in [0.3, 0.4) is 0 Å². The largest absolute Gasteiger partial charge is 0.331 e. The van der Waals surface area contributed by atoms with Crippen molar-refractivity contribution in [2.75, 3.05) is 0 Å². The highest BCUT2D eigenvalue weighted by atomic mass is 32.2. The van der Waals surface area contributed by atoms with Gasteiger partial charge in [-0.25, -0.2) is 26.3 Å². The third kappa shape index (κ3) is 4.55. The molecule has 1 fully saturated rings. The smallest absolute Gasteiger partial charge is 0.282 e. The number of fused-ring (bicyclic) bond motifs is 1. The molecular weight excluding hydrogens is 507 g/mol. The maximum atomic E-state index is 14.7. The number of aryl methyl sites for hydroxylation is 1. The van der Waals surface area contributed by atoms with Crippen molar-refractivity contribution in [3.8, 4) is 11.1 Å². The molecule has 0 radical (unpaired) electrons. The van der Waals surface area contributed by atoms with Gasteiger partial charge in [0.2, 0.25) is 10.0 Å². The van der Waals surface area contributed by atoms with Gasteiger partial charge in [-0.2, -0.15) is 0 Å². The fourth-order valence-corrected chi connectivity index (χ4v) is 5.69. The number of pyridine rings is 1. The first-order valence-corrected chi connectivity index (χ1v) is 13.2. The molecule has 37 heavy (non-hydrogen) atoms. The summed E-state index contributed by atoms with van der Waals surface area (Å²) >= 11 is 0. The van der Waals surface area contributed by atoms with Gasteiger partial charge in [-0.15, -0.1) is 0 Å². The summed E-state index contributed by atoms with van der Waals surface area (Å²) in [6.07, 6.45) is 2.87. The Kier molecular flexibility index (Phi) is 6.18. The SMILES string of the molecule is CCc1ccc2c(c1)c(-c1ccc[nH]c1=O)c(C(=O)NS(=O)(=O)C1CC1)n2Cc1cc(F)c(F)cc1F. The van der Waals surface area contributed by atoms with Gasteiger partial charge in [-0.1, -0.05) is 13.0 Å². The van der Waals surface area contributed by atoms with E-state index >= 15 is 0 Å². The molecule has 4 aromatic rings. The van der Waals surface area contributed by atoms with Crippen LogP contribution in [0, 0.1) is 17.5 Å². The minimum atomic E-state index is -3.99. The number of aromatic nitrogens is 2. The maximum Gasteiger partial charge on any atom is 0.282 e. The summed E-state index contributed by atoms with van der Waals surface area (Å²) in [6.45, 7) is 1.49. The highest BCUT2D eigenvalue weighted by molar-refractivity contribution is 7.91. The van der Waals surface area contributed by atoms with Crippen LogP contribution in [-0.2, 0) is 23.0 Å². The summed E-state index contributed by atoms with van der Waals surface area (Å²) in [5.41, 5.74) is 0.499. The van der Waals surface area contributed by atoms with E-state index < -0.39 is 50.7 Å². The van der Waals surface area contributed by atoms with E-state index in [2.05, 4.69) is 9.71 Å². The molecule has 1 amide bonds. The lowest BCUT2D eigenvalue weighted by molar-refractivity contribution is 0.0973. The van der Waals surface area contributed by atoms with Crippen LogP contribution in [0.15, 0.2) is 53.5 Å². The van der Waals surface area contributed by atoms with Crippen molar-refractivity contribution in [3.63, 3.8) is 0 Å². The summed E-state index contributed by atoms with van der Waals surface area (Å²) in [4.78, 5) is 29.0. The zero-order valence-corrected chi connectivity index (χ0v) is 20.5. The number of nitrogens with one attached hydrogen (secondary N) is 2. The van der Waals surface area contributed by atoms with Gasteiger partial charge in [0.25, 0.3) is 11.5 Å². The van der Waals surface area contributed by atoms with Crippen molar-refractivity contribution < 1.29 is 26.4 Å². The highest BCUT2D eigenvalue weighted by Gasteiger charge is 2.38. The molecule has 0 aliphatic heterocycles. The Balaban J connectivity index is 1.82. The molecule has 2 aromatic heterocycles. The van der Waals surface area contributed by atoms with Crippen molar-refractivity contribution in [1.82, 2.24) is 14.3 Å². The number of carbonyl (C=O) groups excluding carboxylic acids is 1. The molecule has 2 heterocycles. The fraction of sp³-hybridized carbons (Fsp3) is 0.231. The monoisotopic (exact) mass is 529 g/mol. The lowest BCUT2D eigenvalue weighted by Gasteiger charge is -2.14. The van der Waals surface area contributed by atoms with Crippen LogP contribution in [0.25, 0.3) is 22.0 Å². The second kappa shape index (κ2) is 9.22. The van der Waals surface area contributed by atoms with Crippen LogP contribution in [0.2, 0.25) is 0 Å². The van der Waals surface area contributed by atoms with Gasteiger partial charge in [0.15, 0.2) is 11.6 Å². The van der Waals surface area contributed by atoms with Crippen LogP contribution >= 0.6 is 0 Å². The molecule has 5 rings (SSSR count). The van der Waals surface area contributed by atoms with E-state index in [0.29, 0.717) is 42.3 Å². The number of hydrogen-bond acceptors (Lipinski definition) is 4. The first-order valence-electron chi connectivity index (χ1n) is 11.6. The molecule has 2 aromatic carbocycles. The number of hydrogen-bond donors (Lipinski definition) is 2. The first-order chi connectivity index (χ1) is 17.6. The number of H-pyrrole nitrogens is 1. The van der Waals surface area contributed by atoms with Crippen molar-refractivity contribution >= 4 is 26.8 Å². The minimum Gasteiger partial charge on any atom is -0.331 e. The lowest BCUT2D eigenvalue weighted by atomic mass is 10.0. The number of halogens is 3. The van der Waals surface area contributed by atoms with E-state index in [0.717, 1.165) is 5.56 Å². The standard InChI is InChI=1S/C26H22F3N3O4S/c1-2-14-5-8-22-18(10-14)23(17-4-3-9-30-25(17)33)24(26(34)31-37(35,36)16-6-7-16)32(22)13-15-11-20(28)21(29)12-19(15)27/h3-5,8-12,16H,2,6-7,13H2,1H3,(H,30,33)(H,31,34). The molecule has 0 unspecified atom stereocenters. The number of amides is 1. The number of benzene rings is 2. The minimum absolute atomic E-state index is 0.0965. The second-order valence-corrected chi connectivity index (χ2v) is 10.9. The van der Waals surface area contributed by atoms with Gasteiger partial charge in [0.05, 0.1) is 11.8 Å². The topological polar surface area (TPSA) is 101 Å². The third-order valence-corrected chi connectivity index (χ3v) is 8.27. The lowest BCUT2D eigenvalue weighted by Crippen LogP contribution is -2.35. The zero-order chi connectivity index (χ0) is 26.5. The number of rotatable bonds is 7. The van der Waals surface area contributed by atoms with E-state index in [1.807, 2.05) is 6.92 Å². The molecule has 192 valence electrons. The predicted octanol–water partition coefficient (Wildman–Crippen LogP) is 4.25. The van der Waals surface area contributed by atoms with Gasteiger partial charge in [0, 0.05) is 39.9 Å². The quantitative estimate of drug-likeness (QED) is 0.350. The summed E-state index contributed by atoms with van der Waals surface area (Å²) in [7, 11) is -3.99. The van der Waals surface area contributed by atoms with E-state index in [1.54, 1.807) is 24.3 Å². The Morgan fingerprint density at radius 2 is 1.81 bits per heavy atom. The van der Waals surface area contributed by atoms with E-state index in [4.69, 9.17) is 0 Å². The summed E-state index contributed by atoms with van der Waals surface area (Å²) in [6, 6.07) is 9.35. The molecule has 1 aliphatic rings. The van der Waals surface area contributed by atoms with Crippen LogP contribution in [-0.4, -0.2) is 29.1 Å². The average Bonchev–Trinajstić information content (AvgIpc) is 3.67. The van der Waals surface area contributed by atoms with E-state index in [9.17, 15) is 31.2 Å². The summed E-state index contributed by atoms with van der Waals surface area (Å²) in [5, 5.41) is -0.249. The average molecular weight is 530 g/mol. The van der Waals surface area contributed by atoms with Crippen molar-refractivity contribution in [1.29, 1.82) is 0 Å². The second-order valence-electron chi connectivity index (χ2n) is 8.96. The zero-order valence-electron chi connectivity index (χ0n) is 19.6. The number of aromatic amines is 1. The normalized spacial score (nSPS) is 13.7. The molecule has 7 nitrogen and oxygen atoms in total. The maximum absolute atomic E-state index is 14.7. The molecule has 0 atom stereocenters. The molecule has 0 spiro atoms. The number of carbonyl (C=O) groups is 1. The molecule has 1 aliphatic carbocycles. The van der Waals surface area contributed by atoms with Gasteiger partial charge in [0.1, 0.15) is 11.5 Å². The number of nitrogens with zero attached hydrogens (tertiary/aromatic N) is 1. The van der Waals surface area contributed by atoms with Gasteiger partial charge in [-0.3, -0.25) is 9.59 Å². The Labute approximate surface area is 210 Å². The first kappa shape index (κ1) is 24.8. The van der Waals surface area contributed by atoms with Crippen molar-refractivity contribution in [3.05, 3.63) is 93.3 Å². The summed E-state index contributed by atoms with van der Waals surface area (Å²) < 4.78 is 71.0. The number of sulfonamides is 1. The van der Waals surface area contributed by atoms with Crippen LogP contribution in [0.4, 0.5) is 13.2 Å². The van der Waals surface area contributed by atoms with E-state index in [1.165, 1.54) is 16.8 Å². The van der Waals surface area contributed by atoms with Gasteiger partial charge in [-0.05, 0) is 55.2 Å². The Hall–Kier alpha value is -3.86. The van der Waals surface area contributed by atoms with Gasteiger partial charge >= 0.3 is 0 Å². The molecule has 1 saturated carbocycles. The molecule has 0 bridgehead atoms. The van der Waals surface area contributed by atoms with Crippen LogP contribution in [0.5, 0.6) is 0 Å². The van der Waals surface area contributed by atoms with Crippen molar-refractivity contribution in [2.45, 2.75) is 38.0 Å². The molecule has 2 N–H and O–H groups in total. The highest BCUT2D eigenvalue weighted by Crippen LogP contribution is 2.36. The van der Waals surface area contributed by atoms with Crippen LogP contribution in [0.1, 0.15) is 41.4 Å². The van der Waals surface area contributed by atoms with Gasteiger partial charge < -0.3 is 9.55 Å². The fourth-order valence-electron chi connectivity index (χ4n) is 4.41. The third-order valence-electron chi connectivity index (χ3n) is 6.45. The predicted molar refractivity (Wildman–Crippen MR) is 132 cm³/mol. The van der Waals surface area contributed by atoms with E-state index in [-0.39, 0.29) is 22.4 Å². The Bertz CT molecular complexity index is 1720. The molecule has 0 saturated heterocycles. The van der Waals surface area contributed by atoms with Crippen LogP contribution < -0.4 is 10.3 Å². The Morgan fingerprint density at radius 1 is 1.08 bits per heavy atom. The van der Waals surface area contributed by atoms with Crippen molar-refractivity contribution in [2.24, 2.45) is 0 Å². The molecule has 11 heteroatoms. The molecular formula is C26H22F3N3O4S. The summed E-state index contributed by atoms with van der Waals surface area (Å²) in [5.74, 6) is -4.69.